The molecule has 0 saturated carbocycles. The maximum absolute atomic E-state index is 5.43. The Labute approximate surface area is 76.4 Å². The molecular formula is C8H12N4O. The lowest BCUT2D eigenvalue weighted by Gasteiger charge is -2.04. The second-order valence-corrected chi connectivity index (χ2v) is 2.42. The molecule has 1 aromatic heterocycles. The third-order valence-corrected chi connectivity index (χ3v) is 1.31. The Hall–Kier alpha value is -1.78. The zero-order chi connectivity index (χ0) is 9.68. The number of nitrogen functional groups attached to an aromatic ring is 2. The summed E-state index contributed by atoms with van der Waals surface area (Å²) in [4.78, 5) is 7.54. The fraction of sp³-hybridized carbons (Fsp3) is 0.250. The van der Waals surface area contributed by atoms with Gasteiger partial charge in [-0.2, -0.15) is 9.97 Å². The molecule has 0 fully saturated rings. The highest BCUT2D eigenvalue weighted by Crippen LogP contribution is 2.11. The van der Waals surface area contributed by atoms with Gasteiger partial charge in [0, 0.05) is 6.07 Å². The Morgan fingerprint density at radius 2 is 2.23 bits per heavy atom. The molecule has 1 heterocycles. The van der Waals surface area contributed by atoms with Crippen LogP contribution in [0.25, 0.3) is 0 Å². The smallest absolute Gasteiger partial charge is 0.225 e. The molecule has 13 heavy (non-hydrogen) atoms. The highest BCUT2D eigenvalue weighted by molar-refractivity contribution is 5.38. The van der Waals surface area contributed by atoms with Gasteiger partial charge >= 0.3 is 0 Å². The van der Waals surface area contributed by atoms with E-state index in [9.17, 15) is 0 Å². The molecule has 0 radical (unpaired) electrons. The van der Waals surface area contributed by atoms with E-state index in [-0.39, 0.29) is 5.95 Å². The summed E-state index contributed by atoms with van der Waals surface area (Å²) in [6, 6.07) is 1.53. The van der Waals surface area contributed by atoms with Crippen molar-refractivity contribution in [2.75, 3.05) is 18.1 Å². The van der Waals surface area contributed by atoms with E-state index < -0.39 is 0 Å². The van der Waals surface area contributed by atoms with E-state index in [1.54, 1.807) is 6.08 Å². The van der Waals surface area contributed by atoms with Gasteiger partial charge in [0.05, 0.1) is 6.61 Å². The van der Waals surface area contributed by atoms with Gasteiger partial charge in [-0.3, -0.25) is 0 Å². The molecule has 1 aromatic rings. The van der Waals surface area contributed by atoms with Crippen molar-refractivity contribution in [3.05, 3.63) is 18.7 Å². The number of hydrogen-bond acceptors (Lipinski definition) is 5. The van der Waals surface area contributed by atoms with E-state index in [0.717, 1.165) is 6.42 Å². The van der Waals surface area contributed by atoms with E-state index in [1.165, 1.54) is 6.07 Å². The van der Waals surface area contributed by atoms with Crippen LogP contribution in [0.3, 0.4) is 0 Å². The number of nitrogens with two attached hydrogens (primary N) is 2. The Bertz CT molecular complexity index is 280. The predicted octanol–water partition coefficient (Wildman–Crippen LogP) is 0.596. The zero-order valence-electron chi connectivity index (χ0n) is 7.23. The number of rotatable bonds is 4. The molecule has 0 amide bonds. The van der Waals surface area contributed by atoms with Crippen LogP contribution >= 0.6 is 0 Å². The average Bonchev–Trinajstić information content (AvgIpc) is 2.03. The SMILES string of the molecule is C=CCCOc1cc(N)nc(N)n1. The normalized spacial score (nSPS) is 9.54. The molecule has 4 N–H and O–H groups in total. The number of ether oxygens (including phenoxy) is 1. The molecule has 0 unspecified atom stereocenters. The van der Waals surface area contributed by atoms with Crippen LogP contribution in [0.1, 0.15) is 6.42 Å². The molecule has 5 nitrogen and oxygen atoms in total. The van der Waals surface area contributed by atoms with Gasteiger partial charge in [0.2, 0.25) is 11.8 Å². The number of nitrogens with zero attached hydrogens (tertiary/aromatic N) is 2. The lowest BCUT2D eigenvalue weighted by atomic mass is 10.4. The van der Waals surface area contributed by atoms with Crippen LogP contribution in [0.15, 0.2) is 18.7 Å². The van der Waals surface area contributed by atoms with Crippen LogP contribution in [0.5, 0.6) is 5.88 Å². The topological polar surface area (TPSA) is 87.0 Å². The van der Waals surface area contributed by atoms with Crippen molar-refractivity contribution in [2.45, 2.75) is 6.42 Å². The summed E-state index contributed by atoms with van der Waals surface area (Å²) in [6.45, 7) is 4.08. The lowest BCUT2D eigenvalue weighted by Crippen LogP contribution is -2.03. The molecule has 0 spiro atoms. The Balaban J connectivity index is 2.60. The third kappa shape index (κ3) is 2.98. The molecule has 70 valence electrons. The van der Waals surface area contributed by atoms with E-state index in [0.29, 0.717) is 18.3 Å². The van der Waals surface area contributed by atoms with Crippen LogP contribution in [-0.2, 0) is 0 Å². The summed E-state index contributed by atoms with van der Waals surface area (Å²) in [5, 5.41) is 0. The first-order chi connectivity index (χ1) is 6.22. The molecule has 0 bridgehead atoms. The van der Waals surface area contributed by atoms with Crippen molar-refractivity contribution in [3.63, 3.8) is 0 Å². The Morgan fingerprint density at radius 3 is 2.85 bits per heavy atom. The second-order valence-electron chi connectivity index (χ2n) is 2.42. The minimum Gasteiger partial charge on any atom is -0.477 e. The van der Waals surface area contributed by atoms with Gasteiger partial charge in [0.25, 0.3) is 0 Å². The lowest BCUT2D eigenvalue weighted by molar-refractivity contribution is 0.312. The minimum atomic E-state index is 0.119. The summed E-state index contributed by atoms with van der Waals surface area (Å²) >= 11 is 0. The van der Waals surface area contributed by atoms with E-state index in [4.69, 9.17) is 16.2 Å². The van der Waals surface area contributed by atoms with Gasteiger partial charge in [-0.15, -0.1) is 6.58 Å². The summed E-state index contributed by atoms with van der Waals surface area (Å²) in [5.41, 5.74) is 10.8. The molecule has 0 aliphatic carbocycles. The molecule has 0 aliphatic heterocycles. The Morgan fingerprint density at radius 1 is 1.46 bits per heavy atom. The largest absolute Gasteiger partial charge is 0.477 e. The average molecular weight is 180 g/mol. The van der Waals surface area contributed by atoms with Crippen LogP contribution in [0.4, 0.5) is 11.8 Å². The van der Waals surface area contributed by atoms with Gasteiger partial charge in [0.1, 0.15) is 5.82 Å². The van der Waals surface area contributed by atoms with Crippen molar-refractivity contribution < 1.29 is 4.74 Å². The molecule has 1 rings (SSSR count). The van der Waals surface area contributed by atoms with Crippen molar-refractivity contribution in [2.24, 2.45) is 0 Å². The third-order valence-electron chi connectivity index (χ3n) is 1.31. The van der Waals surface area contributed by atoms with Crippen LogP contribution in [-0.4, -0.2) is 16.6 Å². The van der Waals surface area contributed by atoms with E-state index in [1.807, 2.05) is 0 Å². The van der Waals surface area contributed by atoms with Crippen molar-refractivity contribution in [1.82, 2.24) is 9.97 Å². The molecule has 0 saturated heterocycles. The van der Waals surface area contributed by atoms with Crippen molar-refractivity contribution in [3.8, 4) is 5.88 Å². The monoisotopic (exact) mass is 180 g/mol. The second kappa shape index (κ2) is 4.30. The maximum atomic E-state index is 5.43. The number of aromatic nitrogens is 2. The van der Waals surface area contributed by atoms with Gasteiger partial charge in [-0.1, -0.05) is 6.08 Å². The van der Waals surface area contributed by atoms with E-state index >= 15 is 0 Å². The highest BCUT2D eigenvalue weighted by atomic mass is 16.5. The first-order valence-corrected chi connectivity index (χ1v) is 3.86. The molecule has 5 heteroatoms. The first kappa shape index (κ1) is 9.31. The van der Waals surface area contributed by atoms with Crippen LogP contribution < -0.4 is 16.2 Å². The van der Waals surface area contributed by atoms with Gasteiger partial charge < -0.3 is 16.2 Å². The standard InChI is InChI=1S/C8H12N4O/c1-2-3-4-13-7-5-6(9)11-8(10)12-7/h2,5H,1,3-4H2,(H4,9,10,11,12). The maximum Gasteiger partial charge on any atom is 0.225 e. The summed E-state index contributed by atoms with van der Waals surface area (Å²) in [5.74, 6) is 0.821. The van der Waals surface area contributed by atoms with E-state index in [2.05, 4.69) is 16.5 Å². The van der Waals surface area contributed by atoms with Crippen molar-refractivity contribution >= 4 is 11.8 Å². The highest BCUT2D eigenvalue weighted by Gasteiger charge is 1.99. The summed E-state index contributed by atoms with van der Waals surface area (Å²) in [7, 11) is 0. The zero-order valence-corrected chi connectivity index (χ0v) is 7.23. The molecular weight excluding hydrogens is 168 g/mol. The quantitative estimate of drug-likeness (QED) is 0.523. The van der Waals surface area contributed by atoms with Crippen LogP contribution in [0.2, 0.25) is 0 Å². The van der Waals surface area contributed by atoms with Gasteiger partial charge in [-0.05, 0) is 6.42 Å². The van der Waals surface area contributed by atoms with Crippen molar-refractivity contribution in [1.29, 1.82) is 0 Å². The Kier molecular flexibility index (Phi) is 3.08. The fourth-order valence-electron chi connectivity index (χ4n) is 0.782. The number of hydrogen-bond donors (Lipinski definition) is 2. The fourth-order valence-corrected chi connectivity index (χ4v) is 0.782. The molecule has 0 aliphatic rings. The first-order valence-electron chi connectivity index (χ1n) is 3.86. The molecule has 0 atom stereocenters. The minimum absolute atomic E-state index is 0.119. The predicted molar refractivity (Wildman–Crippen MR) is 51.2 cm³/mol. The number of anilines is 2. The van der Waals surface area contributed by atoms with Gasteiger partial charge in [-0.25, -0.2) is 0 Å². The molecule has 0 aromatic carbocycles. The van der Waals surface area contributed by atoms with Gasteiger partial charge in [0.15, 0.2) is 0 Å². The summed E-state index contributed by atoms with van der Waals surface area (Å²) < 4.78 is 5.23. The summed E-state index contributed by atoms with van der Waals surface area (Å²) in [6.07, 6.45) is 2.51. The van der Waals surface area contributed by atoms with Crippen LogP contribution in [0, 0.1) is 0 Å².